The number of thiazole rings is 1. The van der Waals surface area contributed by atoms with Crippen LogP contribution in [0.5, 0.6) is 0 Å². The molecule has 6 rings (SSSR count). The zero-order valence-electron chi connectivity index (χ0n) is 32.4. The quantitative estimate of drug-likeness (QED) is 0.0802. The van der Waals surface area contributed by atoms with Crippen molar-refractivity contribution in [3.8, 4) is 11.3 Å². The predicted molar refractivity (Wildman–Crippen MR) is 220 cm³/mol. The van der Waals surface area contributed by atoms with Gasteiger partial charge in [-0.1, -0.05) is 6.42 Å². The van der Waals surface area contributed by atoms with Crippen LogP contribution in [0.3, 0.4) is 0 Å². The van der Waals surface area contributed by atoms with Gasteiger partial charge in [0.2, 0.25) is 5.91 Å². The van der Waals surface area contributed by atoms with Crippen LogP contribution in [0, 0.1) is 13.8 Å². The molecule has 4 N–H and O–H groups in total. The number of piperidine rings is 1. The van der Waals surface area contributed by atoms with Crippen LogP contribution < -0.4 is 26.2 Å². The summed E-state index contributed by atoms with van der Waals surface area (Å²) in [6.45, 7) is 10.1. The molecule has 0 spiro atoms. The Labute approximate surface area is 337 Å². The van der Waals surface area contributed by atoms with E-state index in [0.717, 1.165) is 73.3 Å². The monoisotopic (exact) mass is 809 g/mol. The second-order valence-electron chi connectivity index (χ2n) is 14.3. The zero-order valence-corrected chi connectivity index (χ0v) is 34.0. The Morgan fingerprint density at radius 1 is 0.929 bits per heavy atom. The molecule has 16 heteroatoms. The number of aromatic nitrogens is 2. The minimum atomic E-state index is -0.200. The standard InChI is InChI=1S/C40H55N7O7S2/c1-27-23-30(24-28(2)36(27)32-25-56-40(44-32)46-38(49)29-7-11-41-12-8-29)47-14-9-31(10-15-47)54-22-21-53-20-19-52-18-17-51-16-13-42-35(48)6-4-3-5-34-37-33(26-55-34)43-39(50)45-37/h7-8,11-12,23-25,31,33-34,37H,3-6,9-10,13-22,26H2,1-2H3,(H,42,48)(H2,43,45,50)(H,44,46,49)/t33-,34-,37-/m0/s1. The summed E-state index contributed by atoms with van der Waals surface area (Å²) in [6, 6.07) is 8.23. The van der Waals surface area contributed by atoms with Gasteiger partial charge in [0.15, 0.2) is 5.13 Å². The molecule has 0 saturated carbocycles. The highest BCUT2D eigenvalue weighted by atomic mass is 32.2. The number of rotatable bonds is 22. The Morgan fingerprint density at radius 2 is 1.62 bits per heavy atom. The van der Waals surface area contributed by atoms with Gasteiger partial charge in [0.05, 0.1) is 70.1 Å². The summed E-state index contributed by atoms with van der Waals surface area (Å²) in [5, 5.41) is 14.8. The molecular formula is C40H55N7O7S2. The van der Waals surface area contributed by atoms with Crippen LogP contribution in [0.25, 0.3) is 11.3 Å². The van der Waals surface area contributed by atoms with E-state index in [1.54, 1.807) is 24.5 Å². The summed E-state index contributed by atoms with van der Waals surface area (Å²) >= 11 is 3.33. The molecular weight excluding hydrogens is 755 g/mol. The molecule has 5 heterocycles. The SMILES string of the molecule is Cc1cc(N2CCC(OCCOCCOCCOCCNC(=O)CCCC[C@@H]3SC[C@@H]4NC(=O)N[C@@H]43)CC2)cc(C)c1-c1csc(NC(=O)c2ccncc2)n1. The smallest absolute Gasteiger partial charge is 0.315 e. The molecule has 0 radical (unpaired) electrons. The van der Waals surface area contributed by atoms with E-state index >= 15 is 0 Å². The van der Waals surface area contributed by atoms with Gasteiger partial charge in [-0.2, -0.15) is 11.8 Å². The molecule has 3 fully saturated rings. The topological polar surface area (TPSA) is 165 Å². The first-order chi connectivity index (χ1) is 27.3. The van der Waals surface area contributed by atoms with Crippen LogP contribution in [-0.2, 0) is 23.7 Å². The second-order valence-corrected chi connectivity index (χ2v) is 16.4. The predicted octanol–water partition coefficient (Wildman–Crippen LogP) is 4.95. The maximum atomic E-state index is 12.6. The number of anilines is 2. The number of fused-ring (bicyclic) bond motifs is 1. The molecule has 3 saturated heterocycles. The van der Waals surface area contributed by atoms with Crippen molar-refractivity contribution in [2.24, 2.45) is 0 Å². The highest BCUT2D eigenvalue weighted by molar-refractivity contribution is 8.00. The van der Waals surface area contributed by atoms with Crippen molar-refractivity contribution in [2.75, 3.05) is 81.9 Å². The summed E-state index contributed by atoms with van der Waals surface area (Å²) in [7, 11) is 0. The lowest BCUT2D eigenvalue weighted by Gasteiger charge is -2.34. The highest BCUT2D eigenvalue weighted by Crippen LogP contribution is 2.35. The third kappa shape index (κ3) is 12.3. The number of nitrogens with one attached hydrogen (secondary N) is 4. The molecule has 304 valence electrons. The molecule has 56 heavy (non-hydrogen) atoms. The summed E-state index contributed by atoms with van der Waals surface area (Å²) in [4.78, 5) is 47.3. The van der Waals surface area contributed by atoms with Gasteiger partial charge in [-0.15, -0.1) is 11.3 Å². The van der Waals surface area contributed by atoms with E-state index in [1.165, 1.54) is 17.0 Å². The lowest BCUT2D eigenvalue weighted by Crippen LogP contribution is -2.37. The number of ether oxygens (including phenoxy) is 4. The molecule has 3 atom stereocenters. The number of unbranched alkanes of at least 4 members (excludes halogenated alkanes) is 1. The van der Waals surface area contributed by atoms with E-state index in [4.69, 9.17) is 23.9 Å². The van der Waals surface area contributed by atoms with Crippen molar-refractivity contribution in [3.05, 3.63) is 58.7 Å². The molecule has 0 bridgehead atoms. The minimum absolute atomic E-state index is 0.0482. The summed E-state index contributed by atoms with van der Waals surface area (Å²) < 4.78 is 23.0. The number of benzene rings is 1. The van der Waals surface area contributed by atoms with Crippen LogP contribution in [0.1, 0.15) is 60.0 Å². The molecule has 3 aromatic rings. The number of thioether (sulfide) groups is 1. The van der Waals surface area contributed by atoms with E-state index in [-0.39, 0.29) is 36.0 Å². The van der Waals surface area contributed by atoms with Crippen LogP contribution in [-0.4, -0.2) is 123 Å². The molecule has 3 aliphatic rings. The summed E-state index contributed by atoms with van der Waals surface area (Å²) in [5.41, 5.74) is 6.02. The van der Waals surface area contributed by atoms with Gasteiger partial charge in [0.25, 0.3) is 5.91 Å². The molecule has 14 nitrogen and oxygen atoms in total. The first-order valence-electron chi connectivity index (χ1n) is 19.7. The number of urea groups is 1. The average Bonchev–Trinajstić information content (AvgIpc) is 3.92. The Bertz CT molecular complexity index is 1700. The zero-order chi connectivity index (χ0) is 39.1. The van der Waals surface area contributed by atoms with Crippen molar-refractivity contribution in [1.29, 1.82) is 0 Å². The number of aryl methyl sites for hydroxylation is 2. The van der Waals surface area contributed by atoms with Crippen molar-refractivity contribution >= 4 is 51.8 Å². The fourth-order valence-electron chi connectivity index (χ4n) is 7.37. The summed E-state index contributed by atoms with van der Waals surface area (Å²) in [5.74, 6) is 0.808. The van der Waals surface area contributed by atoms with Crippen molar-refractivity contribution in [1.82, 2.24) is 25.9 Å². The lowest BCUT2D eigenvalue weighted by atomic mass is 9.98. The number of hydrogen-bond acceptors (Lipinski definition) is 12. The Morgan fingerprint density at radius 3 is 2.36 bits per heavy atom. The first-order valence-corrected chi connectivity index (χ1v) is 21.6. The van der Waals surface area contributed by atoms with E-state index in [1.807, 2.05) is 17.1 Å². The fourth-order valence-corrected chi connectivity index (χ4v) is 9.61. The number of hydrogen-bond donors (Lipinski definition) is 4. The van der Waals surface area contributed by atoms with E-state index in [9.17, 15) is 14.4 Å². The third-order valence-corrected chi connectivity index (χ3v) is 12.5. The lowest BCUT2D eigenvalue weighted by molar-refractivity contribution is -0.121. The van der Waals surface area contributed by atoms with E-state index in [2.05, 4.69) is 57.1 Å². The molecule has 3 aliphatic heterocycles. The highest BCUT2D eigenvalue weighted by Gasteiger charge is 2.42. The average molecular weight is 810 g/mol. The minimum Gasteiger partial charge on any atom is -0.377 e. The summed E-state index contributed by atoms with van der Waals surface area (Å²) in [6.07, 6.45) is 8.68. The van der Waals surface area contributed by atoms with Gasteiger partial charge in [-0.05, 0) is 74.9 Å². The molecule has 1 aromatic carbocycles. The molecule has 0 aliphatic carbocycles. The normalized spacial score (nSPS) is 19.4. The van der Waals surface area contributed by atoms with E-state index < -0.39 is 0 Å². The number of carbonyl (C=O) groups excluding carboxylic acids is 3. The second kappa shape index (κ2) is 21.6. The molecule has 2 aromatic heterocycles. The Balaban J connectivity index is 0.743. The Kier molecular flexibility index (Phi) is 16.2. The van der Waals surface area contributed by atoms with Gasteiger partial charge < -0.3 is 39.8 Å². The molecule has 4 amide bonds. The van der Waals surface area contributed by atoms with Crippen molar-refractivity contribution < 1.29 is 33.3 Å². The van der Waals surface area contributed by atoms with Gasteiger partial charge in [0, 0.05) is 71.6 Å². The van der Waals surface area contributed by atoms with Gasteiger partial charge in [-0.25, -0.2) is 9.78 Å². The van der Waals surface area contributed by atoms with Crippen LogP contribution in [0.15, 0.2) is 42.0 Å². The largest absolute Gasteiger partial charge is 0.377 e. The van der Waals surface area contributed by atoms with Gasteiger partial charge >= 0.3 is 6.03 Å². The maximum absolute atomic E-state index is 12.6. The van der Waals surface area contributed by atoms with Gasteiger partial charge in [-0.3, -0.25) is 19.9 Å². The Hall–Kier alpha value is -3.80. The van der Waals surface area contributed by atoms with Crippen molar-refractivity contribution in [3.63, 3.8) is 0 Å². The first kappa shape index (κ1) is 41.8. The third-order valence-electron chi connectivity index (χ3n) is 10.2. The number of pyridine rings is 1. The van der Waals surface area contributed by atoms with Crippen LogP contribution in [0.2, 0.25) is 0 Å². The number of nitrogens with zero attached hydrogens (tertiary/aromatic N) is 3. The van der Waals surface area contributed by atoms with Gasteiger partial charge in [0.1, 0.15) is 0 Å². The van der Waals surface area contributed by atoms with Crippen LogP contribution >= 0.6 is 23.1 Å². The van der Waals surface area contributed by atoms with Crippen LogP contribution in [0.4, 0.5) is 15.6 Å². The maximum Gasteiger partial charge on any atom is 0.315 e. The molecule has 0 unspecified atom stereocenters. The number of carbonyl (C=O) groups is 3. The fraction of sp³-hybridized carbons (Fsp3) is 0.575. The number of amides is 4. The van der Waals surface area contributed by atoms with Crippen molar-refractivity contribution in [2.45, 2.75) is 75.8 Å². The van der Waals surface area contributed by atoms with E-state index in [0.29, 0.717) is 75.2 Å².